The van der Waals surface area contributed by atoms with Crippen LogP contribution in [0.1, 0.15) is 19.3 Å². The van der Waals surface area contributed by atoms with Crippen LogP contribution >= 0.6 is 24.2 Å². The number of anilines is 1. The first-order valence-electron chi connectivity index (χ1n) is 8.67. The van der Waals surface area contributed by atoms with Crippen molar-refractivity contribution in [2.45, 2.75) is 24.2 Å². The van der Waals surface area contributed by atoms with Crippen LogP contribution in [0.15, 0.2) is 29.2 Å². The van der Waals surface area contributed by atoms with Crippen LogP contribution in [0.5, 0.6) is 0 Å². The third-order valence-corrected chi connectivity index (χ3v) is 5.94. The molecule has 0 saturated carbocycles. The van der Waals surface area contributed by atoms with Gasteiger partial charge in [0.2, 0.25) is 5.91 Å². The van der Waals surface area contributed by atoms with E-state index in [1.165, 1.54) is 24.2 Å². The van der Waals surface area contributed by atoms with E-state index in [0.717, 1.165) is 43.5 Å². The van der Waals surface area contributed by atoms with Crippen LogP contribution in [-0.4, -0.2) is 56.3 Å². The lowest BCUT2D eigenvalue weighted by Gasteiger charge is -2.34. The molecular weight excluding hydrogens is 342 g/mol. The number of likely N-dealkylation sites (tertiary alicyclic amines) is 1. The Kier molecular flexibility index (Phi) is 7.88. The summed E-state index contributed by atoms with van der Waals surface area (Å²) in [5, 5.41) is 3.23. The van der Waals surface area contributed by atoms with Crippen LogP contribution in [0.25, 0.3) is 0 Å². The highest BCUT2D eigenvalue weighted by Gasteiger charge is 2.26. The number of hydrogen-bond acceptors (Lipinski definition) is 4. The Labute approximate surface area is 155 Å². The quantitative estimate of drug-likeness (QED) is 0.865. The van der Waals surface area contributed by atoms with E-state index in [1.54, 1.807) is 0 Å². The lowest BCUT2D eigenvalue weighted by molar-refractivity contribution is -0.120. The number of para-hydroxylation sites is 1. The fourth-order valence-corrected chi connectivity index (χ4v) is 4.48. The number of carbonyl (C=O) groups excluding carboxylic acids is 1. The maximum atomic E-state index is 12.7. The van der Waals surface area contributed by atoms with E-state index in [-0.39, 0.29) is 18.3 Å². The number of thioether (sulfide) groups is 1. The molecule has 0 spiro atoms. The number of amides is 1. The van der Waals surface area contributed by atoms with Crippen LogP contribution in [0.3, 0.4) is 0 Å². The van der Waals surface area contributed by atoms with Crippen molar-refractivity contribution < 1.29 is 4.79 Å². The van der Waals surface area contributed by atoms with Crippen molar-refractivity contribution in [2.24, 2.45) is 5.92 Å². The molecule has 1 N–H and O–H groups in total. The Morgan fingerprint density at radius 3 is 2.75 bits per heavy atom. The van der Waals surface area contributed by atoms with Crippen molar-refractivity contribution in [3.63, 3.8) is 0 Å². The highest BCUT2D eigenvalue weighted by molar-refractivity contribution is 7.99. The number of halogens is 1. The zero-order chi connectivity index (χ0) is 16.1. The van der Waals surface area contributed by atoms with Gasteiger partial charge < -0.3 is 10.2 Å². The number of nitrogens with one attached hydrogen (secondary N) is 1. The molecule has 0 aliphatic carbocycles. The molecule has 0 atom stereocenters. The molecule has 4 nitrogen and oxygen atoms in total. The van der Waals surface area contributed by atoms with E-state index in [2.05, 4.69) is 28.4 Å². The van der Waals surface area contributed by atoms with Gasteiger partial charge in [0, 0.05) is 17.2 Å². The van der Waals surface area contributed by atoms with Crippen LogP contribution in [-0.2, 0) is 4.79 Å². The number of piperidine rings is 1. The zero-order valence-corrected chi connectivity index (χ0v) is 16.0. The molecule has 1 aromatic carbocycles. The second-order valence-corrected chi connectivity index (χ2v) is 7.61. The Bertz CT molecular complexity index is 535. The molecule has 0 radical (unpaired) electrons. The smallest absolute Gasteiger partial charge is 0.241 e. The van der Waals surface area contributed by atoms with Gasteiger partial charge in [-0.3, -0.25) is 9.69 Å². The molecule has 1 aromatic rings. The molecule has 6 heteroatoms. The van der Waals surface area contributed by atoms with Crippen molar-refractivity contribution in [2.75, 3.05) is 50.4 Å². The van der Waals surface area contributed by atoms with Gasteiger partial charge >= 0.3 is 0 Å². The highest BCUT2D eigenvalue weighted by Crippen LogP contribution is 2.34. The first kappa shape index (κ1) is 19.6. The Morgan fingerprint density at radius 1 is 1.25 bits per heavy atom. The summed E-state index contributed by atoms with van der Waals surface area (Å²) in [4.78, 5) is 18.3. The van der Waals surface area contributed by atoms with Gasteiger partial charge in [-0.2, -0.15) is 0 Å². The maximum Gasteiger partial charge on any atom is 0.241 e. The van der Waals surface area contributed by atoms with E-state index in [4.69, 9.17) is 0 Å². The maximum absolute atomic E-state index is 12.7. The van der Waals surface area contributed by atoms with E-state index in [0.29, 0.717) is 6.54 Å². The van der Waals surface area contributed by atoms with Gasteiger partial charge in [0.25, 0.3) is 0 Å². The molecule has 2 aliphatic heterocycles. The molecule has 2 heterocycles. The van der Waals surface area contributed by atoms with E-state index < -0.39 is 0 Å². The Morgan fingerprint density at radius 2 is 2.00 bits per heavy atom. The topological polar surface area (TPSA) is 35.6 Å². The highest BCUT2D eigenvalue weighted by atomic mass is 35.5. The molecule has 0 bridgehead atoms. The van der Waals surface area contributed by atoms with E-state index in [9.17, 15) is 4.79 Å². The van der Waals surface area contributed by atoms with Crippen molar-refractivity contribution in [1.29, 1.82) is 0 Å². The van der Waals surface area contributed by atoms with Crippen LogP contribution in [0, 0.1) is 5.92 Å². The number of carbonyl (C=O) groups is 1. The molecule has 3 rings (SSSR count). The molecule has 1 fully saturated rings. The van der Waals surface area contributed by atoms with Gasteiger partial charge in [-0.1, -0.05) is 12.1 Å². The van der Waals surface area contributed by atoms with Gasteiger partial charge in [0.05, 0.1) is 12.2 Å². The zero-order valence-electron chi connectivity index (χ0n) is 14.4. The lowest BCUT2D eigenvalue weighted by Crippen LogP contribution is -2.45. The van der Waals surface area contributed by atoms with Gasteiger partial charge in [-0.25, -0.2) is 0 Å². The molecule has 1 saturated heterocycles. The number of fused-ring (bicyclic) bond motifs is 1. The van der Waals surface area contributed by atoms with Gasteiger partial charge in [-0.05, 0) is 64.0 Å². The van der Waals surface area contributed by atoms with Gasteiger partial charge in [0.15, 0.2) is 0 Å². The average Bonchev–Trinajstić information content (AvgIpc) is 2.60. The van der Waals surface area contributed by atoms with Gasteiger partial charge in [-0.15, -0.1) is 24.2 Å². The third kappa shape index (κ3) is 4.88. The van der Waals surface area contributed by atoms with E-state index in [1.807, 2.05) is 29.8 Å². The minimum atomic E-state index is 0. The Balaban J connectivity index is 0.00000208. The van der Waals surface area contributed by atoms with Gasteiger partial charge in [0.1, 0.15) is 0 Å². The summed E-state index contributed by atoms with van der Waals surface area (Å²) in [7, 11) is 2.02. The minimum Gasteiger partial charge on any atom is -0.320 e. The molecule has 134 valence electrons. The second-order valence-electron chi connectivity index (χ2n) is 6.47. The Hall–Kier alpha value is -0.750. The second kappa shape index (κ2) is 9.66. The number of hydrogen-bond donors (Lipinski definition) is 1. The van der Waals surface area contributed by atoms with Crippen molar-refractivity contribution >= 4 is 35.8 Å². The molecule has 0 aromatic heterocycles. The van der Waals surface area contributed by atoms with Crippen molar-refractivity contribution in [3.05, 3.63) is 24.3 Å². The molecule has 24 heavy (non-hydrogen) atoms. The monoisotopic (exact) mass is 369 g/mol. The first-order chi connectivity index (χ1) is 11.3. The summed E-state index contributed by atoms with van der Waals surface area (Å²) in [6, 6.07) is 8.27. The predicted molar refractivity (Wildman–Crippen MR) is 104 cm³/mol. The summed E-state index contributed by atoms with van der Waals surface area (Å²) in [6.45, 7) is 4.62. The van der Waals surface area contributed by atoms with Crippen molar-refractivity contribution in [3.8, 4) is 0 Å². The largest absolute Gasteiger partial charge is 0.320 e. The fourth-order valence-electron chi connectivity index (χ4n) is 3.49. The van der Waals surface area contributed by atoms with Crippen LogP contribution in [0.4, 0.5) is 5.69 Å². The molecule has 1 amide bonds. The third-order valence-electron chi connectivity index (χ3n) is 4.90. The van der Waals surface area contributed by atoms with E-state index >= 15 is 0 Å². The fraction of sp³-hybridized carbons (Fsp3) is 0.611. The van der Waals surface area contributed by atoms with Crippen LogP contribution < -0.4 is 10.2 Å². The molecule has 2 aliphatic rings. The number of rotatable bonds is 5. The van der Waals surface area contributed by atoms with Crippen LogP contribution in [0.2, 0.25) is 0 Å². The predicted octanol–water partition coefficient (Wildman–Crippen LogP) is 2.87. The molecular formula is C18H28ClN3OS. The average molecular weight is 370 g/mol. The number of nitrogens with zero attached hydrogens (tertiary/aromatic N) is 2. The molecule has 0 unspecified atom stereocenters. The number of benzene rings is 1. The summed E-state index contributed by atoms with van der Waals surface area (Å²) >= 11 is 1.85. The summed E-state index contributed by atoms with van der Waals surface area (Å²) in [5.41, 5.74) is 1.10. The standard InChI is InChI=1S/C18H27N3OS.ClH/c1-19-9-6-15-7-10-20(11-8-15)14-18(22)21-12-13-23-17-5-3-2-4-16(17)21;/h2-5,15,19H,6-14H2,1H3;1H. The van der Waals surface area contributed by atoms with Crippen molar-refractivity contribution in [1.82, 2.24) is 10.2 Å². The SMILES string of the molecule is CNCCC1CCN(CC(=O)N2CCSc3ccccc32)CC1.Cl. The minimum absolute atomic E-state index is 0. The lowest BCUT2D eigenvalue weighted by atomic mass is 9.93. The normalized spacial score (nSPS) is 18.8. The summed E-state index contributed by atoms with van der Waals surface area (Å²) in [5.74, 6) is 2.07. The summed E-state index contributed by atoms with van der Waals surface area (Å²) in [6.07, 6.45) is 3.71. The summed E-state index contributed by atoms with van der Waals surface area (Å²) < 4.78 is 0. The first-order valence-corrected chi connectivity index (χ1v) is 9.65.